The first-order valence-electron chi connectivity index (χ1n) is 6.99. The highest BCUT2D eigenvalue weighted by Crippen LogP contribution is 2.45. The van der Waals surface area contributed by atoms with Crippen LogP contribution in [-0.2, 0) is 4.74 Å². The van der Waals surface area contributed by atoms with Gasteiger partial charge < -0.3 is 20.1 Å². The maximum absolute atomic E-state index is 10.0. The van der Waals surface area contributed by atoms with E-state index in [1.54, 1.807) is 13.8 Å². The summed E-state index contributed by atoms with van der Waals surface area (Å²) in [5.74, 6) is 0.267. The molecule has 1 heterocycles. The van der Waals surface area contributed by atoms with Gasteiger partial charge in [-0.25, -0.2) is 0 Å². The molecule has 1 saturated heterocycles. The standard InChI is InChI=1S/C14H26O4/c1-13(2,17)12-6-7-14(3,18-12)9-4-5-10(15)11(16)8-9/h9-12,15-17H,4-8H2,1-3H3/t9-,10+,11+,12-,14-/m0/s1. The number of hydrogen-bond acceptors (Lipinski definition) is 4. The van der Waals surface area contributed by atoms with Crippen molar-refractivity contribution in [3.63, 3.8) is 0 Å². The minimum Gasteiger partial charge on any atom is -0.390 e. The fraction of sp³-hybridized carbons (Fsp3) is 1.00. The van der Waals surface area contributed by atoms with Crippen molar-refractivity contribution >= 4 is 0 Å². The van der Waals surface area contributed by atoms with E-state index in [9.17, 15) is 15.3 Å². The van der Waals surface area contributed by atoms with Crippen LogP contribution in [0.3, 0.4) is 0 Å². The molecule has 0 bridgehead atoms. The van der Waals surface area contributed by atoms with Gasteiger partial charge in [-0.1, -0.05) is 0 Å². The Kier molecular flexibility index (Phi) is 3.76. The lowest BCUT2D eigenvalue weighted by atomic mass is 9.74. The number of rotatable bonds is 2. The molecule has 1 aliphatic heterocycles. The van der Waals surface area contributed by atoms with Gasteiger partial charge in [-0.15, -0.1) is 0 Å². The van der Waals surface area contributed by atoms with Crippen LogP contribution in [0, 0.1) is 5.92 Å². The van der Waals surface area contributed by atoms with Crippen LogP contribution in [0.15, 0.2) is 0 Å². The lowest BCUT2D eigenvalue weighted by Crippen LogP contribution is -2.45. The van der Waals surface area contributed by atoms with Gasteiger partial charge in [-0.3, -0.25) is 0 Å². The van der Waals surface area contributed by atoms with Crippen molar-refractivity contribution in [1.29, 1.82) is 0 Å². The Morgan fingerprint density at radius 2 is 1.78 bits per heavy atom. The van der Waals surface area contributed by atoms with E-state index in [2.05, 4.69) is 6.92 Å². The van der Waals surface area contributed by atoms with Crippen LogP contribution in [-0.4, -0.2) is 44.8 Å². The molecule has 0 radical (unpaired) electrons. The van der Waals surface area contributed by atoms with Crippen molar-refractivity contribution in [3.05, 3.63) is 0 Å². The summed E-state index contributed by atoms with van der Waals surface area (Å²) in [6, 6.07) is 0. The minimum absolute atomic E-state index is 0.133. The molecule has 0 aromatic carbocycles. The molecular weight excluding hydrogens is 232 g/mol. The van der Waals surface area contributed by atoms with Crippen LogP contribution in [0.2, 0.25) is 0 Å². The summed E-state index contributed by atoms with van der Waals surface area (Å²) in [5.41, 5.74) is -1.09. The normalized spacial score (nSPS) is 46.3. The Balaban J connectivity index is 2.01. The number of ether oxygens (including phenoxy) is 1. The summed E-state index contributed by atoms with van der Waals surface area (Å²) < 4.78 is 6.09. The summed E-state index contributed by atoms with van der Waals surface area (Å²) in [5, 5.41) is 29.4. The molecule has 2 aliphatic rings. The summed E-state index contributed by atoms with van der Waals surface area (Å²) >= 11 is 0. The van der Waals surface area contributed by atoms with E-state index < -0.39 is 17.8 Å². The molecule has 1 saturated carbocycles. The van der Waals surface area contributed by atoms with Crippen molar-refractivity contribution < 1.29 is 20.1 Å². The van der Waals surface area contributed by atoms with Crippen molar-refractivity contribution in [2.75, 3.05) is 0 Å². The number of hydrogen-bond donors (Lipinski definition) is 3. The van der Waals surface area contributed by atoms with Crippen molar-refractivity contribution in [2.24, 2.45) is 5.92 Å². The minimum atomic E-state index is -0.815. The maximum Gasteiger partial charge on any atom is 0.0865 e. The first-order valence-corrected chi connectivity index (χ1v) is 6.99. The molecule has 106 valence electrons. The van der Waals surface area contributed by atoms with Gasteiger partial charge in [0.05, 0.1) is 29.5 Å². The molecule has 0 aromatic rings. The molecule has 2 rings (SSSR count). The average Bonchev–Trinajstić information content (AvgIpc) is 2.66. The summed E-state index contributed by atoms with van der Waals surface area (Å²) in [4.78, 5) is 0. The van der Waals surface area contributed by atoms with Crippen LogP contribution in [0.1, 0.15) is 52.9 Å². The fourth-order valence-corrected chi connectivity index (χ4v) is 3.34. The van der Waals surface area contributed by atoms with E-state index in [1.807, 2.05) is 0 Å². The van der Waals surface area contributed by atoms with Gasteiger partial charge in [-0.05, 0) is 58.8 Å². The van der Waals surface area contributed by atoms with Crippen molar-refractivity contribution in [1.82, 2.24) is 0 Å². The maximum atomic E-state index is 10.0. The molecule has 1 aliphatic carbocycles. The molecular formula is C14H26O4. The van der Waals surface area contributed by atoms with Gasteiger partial charge >= 0.3 is 0 Å². The number of aliphatic hydroxyl groups is 3. The van der Waals surface area contributed by atoms with Gasteiger partial charge in [0, 0.05) is 0 Å². The third-order valence-corrected chi connectivity index (χ3v) is 4.75. The van der Waals surface area contributed by atoms with E-state index in [0.717, 1.165) is 19.3 Å². The first kappa shape index (κ1) is 14.3. The van der Waals surface area contributed by atoms with Crippen molar-refractivity contribution in [3.8, 4) is 0 Å². The second-order valence-corrected chi connectivity index (χ2v) is 6.76. The quantitative estimate of drug-likeness (QED) is 0.696. The fourth-order valence-electron chi connectivity index (χ4n) is 3.34. The van der Waals surface area contributed by atoms with Gasteiger partial charge in [-0.2, -0.15) is 0 Å². The highest BCUT2D eigenvalue weighted by Gasteiger charge is 2.48. The highest BCUT2D eigenvalue weighted by molar-refractivity contribution is 4.98. The molecule has 4 nitrogen and oxygen atoms in total. The monoisotopic (exact) mass is 258 g/mol. The Hall–Kier alpha value is -0.160. The SMILES string of the molecule is CC(C)(O)[C@@H]1CC[C@@](C)([C@H]2CC[C@@H](O)[C@H](O)C2)O1. The predicted octanol–water partition coefficient (Wildman–Crippen LogP) is 1.22. The van der Waals surface area contributed by atoms with E-state index in [-0.39, 0.29) is 17.6 Å². The molecule has 2 fully saturated rings. The van der Waals surface area contributed by atoms with Crippen LogP contribution in [0.4, 0.5) is 0 Å². The van der Waals surface area contributed by atoms with Crippen LogP contribution in [0.25, 0.3) is 0 Å². The molecule has 0 aromatic heterocycles. The second-order valence-electron chi connectivity index (χ2n) is 6.76. The smallest absolute Gasteiger partial charge is 0.0865 e. The van der Waals surface area contributed by atoms with Crippen LogP contribution >= 0.6 is 0 Å². The van der Waals surface area contributed by atoms with E-state index in [1.165, 1.54) is 0 Å². The molecule has 5 atom stereocenters. The van der Waals surface area contributed by atoms with E-state index in [0.29, 0.717) is 12.8 Å². The zero-order chi connectivity index (χ0) is 13.6. The second kappa shape index (κ2) is 4.75. The highest BCUT2D eigenvalue weighted by atomic mass is 16.5. The Labute approximate surface area is 109 Å². The first-order chi connectivity index (χ1) is 8.22. The molecule has 0 spiro atoms. The topological polar surface area (TPSA) is 69.9 Å². The molecule has 18 heavy (non-hydrogen) atoms. The largest absolute Gasteiger partial charge is 0.390 e. The average molecular weight is 258 g/mol. The lowest BCUT2D eigenvalue weighted by Gasteiger charge is -2.40. The van der Waals surface area contributed by atoms with Gasteiger partial charge in [0.15, 0.2) is 0 Å². The summed E-state index contributed by atoms with van der Waals surface area (Å²) in [6.45, 7) is 5.64. The Morgan fingerprint density at radius 3 is 2.28 bits per heavy atom. The van der Waals surface area contributed by atoms with Gasteiger partial charge in [0.2, 0.25) is 0 Å². The molecule has 3 N–H and O–H groups in total. The third-order valence-electron chi connectivity index (χ3n) is 4.75. The van der Waals surface area contributed by atoms with E-state index >= 15 is 0 Å². The van der Waals surface area contributed by atoms with Crippen LogP contribution in [0.5, 0.6) is 0 Å². The molecule has 4 heteroatoms. The molecule has 0 amide bonds. The summed E-state index contributed by atoms with van der Waals surface area (Å²) in [7, 11) is 0. The lowest BCUT2D eigenvalue weighted by molar-refractivity contribution is -0.151. The van der Waals surface area contributed by atoms with Gasteiger partial charge in [0.25, 0.3) is 0 Å². The zero-order valence-corrected chi connectivity index (χ0v) is 11.6. The number of aliphatic hydroxyl groups excluding tert-OH is 2. The summed E-state index contributed by atoms with van der Waals surface area (Å²) in [6.07, 6.45) is 2.53. The Bertz CT molecular complexity index is 299. The molecule has 0 unspecified atom stereocenters. The third kappa shape index (κ3) is 2.72. The zero-order valence-electron chi connectivity index (χ0n) is 11.6. The van der Waals surface area contributed by atoms with Crippen molar-refractivity contribution in [2.45, 2.75) is 82.4 Å². The predicted molar refractivity (Wildman–Crippen MR) is 68.2 cm³/mol. The Morgan fingerprint density at radius 1 is 1.11 bits per heavy atom. The van der Waals surface area contributed by atoms with Crippen LogP contribution < -0.4 is 0 Å². The van der Waals surface area contributed by atoms with E-state index in [4.69, 9.17) is 4.74 Å². The van der Waals surface area contributed by atoms with Gasteiger partial charge in [0.1, 0.15) is 0 Å².